The molecule has 1 saturated heterocycles. The Morgan fingerprint density at radius 1 is 1.41 bits per heavy atom. The lowest BCUT2D eigenvalue weighted by Gasteiger charge is -2.39. The molecule has 0 saturated carbocycles. The van der Waals surface area contributed by atoms with Crippen LogP contribution in [0.4, 0.5) is 0 Å². The number of hydrogen-bond acceptors (Lipinski definition) is 3. The van der Waals surface area contributed by atoms with Crippen molar-refractivity contribution in [3.8, 4) is 0 Å². The lowest BCUT2D eigenvalue weighted by Crippen LogP contribution is -2.49. The molecule has 0 spiro atoms. The molecule has 1 fully saturated rings. The summed E-state index contributed by atoms with van der Waals surface area (Å²) in [6.45, 7) is 11.9. The van der Waals surface area contributed by atoms with E-state index >= 15 is 0 Å². The molecule has 1 aliphatic rings. The topological polar surface area (TPSA) is 32.3 Å². The van der Waals surface area contributed by atoms with E-state index in [0.29, 0.717) is 11.5 Å². The Balaban J connectivity index is 2.34. The number of rotatable bonds is 4. The van der Waals surface area contributed by atoms with E-state index < -0.39 is 0 Å². The van der Waals surface area contributed by atoms with E-state index in [4.69, 9.17) is 0 Å². The van der Waals surface area contributed by atoms with E-state index in [2.05, 4.69) is 39.9 Å². The number of thioether (sulfide) groups is 1. The molecule has 0 aromatic rings. The maximum absolute atomic E-state index is 10.0. The van der Waals surface area contributed by atoms with E-state index in [1.165, 1.54) is 17.9 Å². The van der Waals surface area contributed by atoms with Crippen LogP contribution in [0.25, 0.3) is 0 Å². The molecule has 0 aromatic carbocycles. The van der Waals surface area contributed by atoms with Gasteiger partial charge in [0.2, 0.25) is 0 Å². The number of aliphatic hydroxyl groups is 1. The predicted molar refractivity (Wildman–Crippen MR) is 77.6 cm³/mol. The van der Waals surface area contributed by atoms with Gasteiger partial charge in [-0.3, -0.25) is 0 Å². The molecule has 0 bridgehead atoms. The van der Waals surface area contributed by atoms with E-state index in [-0.39, 0.29) is 11.5 Å². The van der Waals surface area contributed by atoms with Crippen molar-refractivity contribution in [2.75, 3.05) is 18.1 Å². The van der Waals surface area contributed by atoms with Crippen molar-refractivity contribution < 1.29 is 5.11 Å². The van der Waals surface area contributed by atoms with Gasteiger partial charge in [0, 0.05) is 18.3 Å². The highest BCUT2D eigenvalue weighted by Gasteiger charge is 2.32. The van der Waals surface area contributed by atoms with Crippen LogP contribution in [0.1, 0.15) is 47.5 Å². The molecule has 2 unspecified atom stereocenters. The SMILES string of the molecule is CC(C)(C)CC(O)CNC1CSCCC1(C)C. The zero-order valence-corrected chi connectivity index (χ0v) is 12.9. The summed E-state index contributed by atoms with van der Waals surface area (Å²) >= 11 is 2.03. The van der Waals surface area contributed by atoms with E-state index in [1.807, 2.05) is 11.8 Å². The summed E-state index contributed by atoms with van der Waals surface area (Å²) < 4.78 is 0. The Morgan fingerprint density at radius 2 is 2.06 bits per heavy atom. The molecular weight excluding hydrogens is 230 g/mol. The van der Waals surface area contributed by atoms with Crippen molar-refractivity contribution in [3.05, 3.63) is 0 Å². The zero-order valence-electron chi connectivity index (χ0n) is 12.0. The first kappa shape index (κ1) is 15.3. The molecular formula is C14H29NOS. The molecule has 1 aliphatic heterocycles. The largest absolute Gasteiger partial charge is 0.392 e. The second-order valence-corrected chi connectivity index (χ2v) is 8.34. The smallest absolute Gasteiger partial charge is 0.0669 e. The molecule has 1 heterocycles. The first-order valence-corrected chi connectivity index (χ1v) is 7.85. The van der Waals surface area contributed by atoms with Gasteiger partial charge in [-0.05, 0) is 29.4 Å². The Kier molecular flexibility index (Phi) is 5.36. The van der Waals surface area contributed by atoms with Crippen LogP contribution < -0.4 is 5.32 Å². The van der Waals surface area contributed by atoms with Gasteiger partial charge in [-0.25, -0.2) is 0 Å². The highest BCUT2D eigenvalue weighted by Crippen LogP contribution is 2.34. The Labute approximate surface area is 111 Å². The molecule has 0 amide bonds. The van der Waals surface area contributed by atoms with Crippen molar-refractivity contribution in [1.29, 1.82) is 0 Å². The molecule has 102 valence electrons. The van der Waals surface area contributed by atoms with E-state index in [0.717, 1.165) is 13.0 Å². The van der Waals surface area contributed by atoms with Crippen molar-refractivity contribution in [1.82, 2.24) is 5.32 Å². The van der Waals surface area contributed by atoms with Gasteiger partial charge in [0.1, 0.15) is 0 Å². The second kappa shape index (κ2) is 5.94. The third kappa shape index (κ3) is 5.62. The van der Waals surface area contributed by atoms with E-state index in [1.54, 1.807) is 0 Å². The van der Waals surface area contributed by atoms with Gasteiger partial charge in [-0.15, -0.1) is 0 Å². The third-order valence-electron chi connectivity index (χ3n) is 3.57. The van der Waals surface area contributed by atoms with Crippen LogP contribution in [-0.4, -0.2) is 35.3 Å². The highest BCUT2D eigenvalue weighted by atomic mass is 32.2. The van der Waals surface area contributed by atoms with Crippen molar-refractivity contribution in [2.45, 2.75) is 59.6 Å². The summed E-state index contributed by atoms with van der Waals surface area (Å²) in [6.07, 6.45) is 1.91. The van der Waals surface area contributed by atoms with Crippen molar-refractivity contribution in [3.63, 3.8) is 0 Å². The Morgan fingerprint density at radius 3 is 2.59 bits per heavy atom. The van der Waals surface area contributed by atoms with Crippen LogP contribution in [-0.2, 0) is 0 Å². The molecule has 0 radical (unpaired) electrons. The fourth-order valence-corrected chi connectivity index (χ4v) is 3.97. The van der Waals surface area contributed by atoms with Crippen LogP contribution in [0.2, 0.25) is 0 Å². The van der Waals surface area contributed by atoms with Crippen molar-refractivity contribution in [2.24, 2.45) is 10.8 Å². The Bertz CT molecular complexity index is 235. The van der Waals surface area contributed by atoms with Gasteiger partial charge in [-0.2, -0.15) is 11.8 Å². The molecule has 0 aliphatic carbocycles. The standard InChI is InChI=1S/C14H29NOS/c1-13(2,3)8-11(16)9-15-12-10-17-7-6-14(12,4)5/h11-12,15-16H,6-10H2,1-5H3. The van der Waals surface area contributed by atoms with Crippen LogP contribution >= 0.6 is 11.8 Å². The summed E-state index contributed by atoms with van der Waals surface area (Å²) in [5, 5.41) is 13.6. The van der Waals surface area contributed by atoms with Gasteiger partial charge in [0.05, 0.1) is 6.10 Å². The third-order valence-corrected chi connectivity index (χ3v) is 4.63. The molecule has 3 heteroatoms. The molecule has 2 atom stereocenters. The fourth-order valence-electron chi connectivity index (χ4n) is 2.33. The molecule has 2 nitrogen and oxygen atoms in total. The van der Waals surface area contributed by atoms with E-state index in [9.17, 15) is 5.11 Å². The molecule has 17 heavy (non-hydrogen) atoms. The second-order valence-electron chi connectivity index (χ2n) is 7.19. The minimum Gasteiger partial charge on any atom is -0.392 e. The van der Waals surface area contributed by atoms with Gasteiger partial charge in [-0.1, -0.05) is 34.6 Å². The summed E-state index contributed by atoms with van der Waals surface area (Å²) in [7, 11) is 0. The van der Waals surface area contributed by atoms with Crippen LogP contribution in [0.3, 0.4) is 0 Å². The quantitative estimate of drug-likeness (QED) is 0.814. The summed E-state index contributed by atoms with van der Waals surface area (Å²) in [4.78, 5) is 0. The van der Waals surface area contributed by atoms with Crippen LogP contribution in [0, 0.1) is 10.8 Å². The molecule has 2 N–H and O–H groups in total. The maximum Gasteiger partial charge on any atom is 0.0669 e. The van der Waals surface area contributed by atoms with Gasteiger partial charge in [0.15, 0.2) is 0 Å². The lowest BCUT2D eigenvalue weighted by atomic mass is 9.82. The van der Waals surface area contributed by atoms with Gasteiger partial charge in [0.25, 0.3) is 0 Å². The average molecular weight is 259 g/mol. The van der Waals surface area contributed by atoms with Crippen LogP contribution in [0.5, 0.6) is 0 Å². The van der Waals surface area contributed by atoms with Crippen molar-refractivity contribution >= 4 is 11.8 Å². The Hall–Kier alpha value is 0.270. The summed E-state index contributed by atoms with van der Waals surface area (Å²) in [5.41, 5.74) is 0.574. The maximum atomic E-state index is 10.0. The average Bonchev–Trinajstić information content (AvgIpc) is 2.12. The van der Waals surface area contributed by atoms with Gasteiger partial charge < -0.3 is 10.4 Å². The zero-order chi connectivity index (χ0) is 13.1. The van der Waals surface area contributed by atoms with Crippen LogP contribution in [0.15, 0.2) is 0 Å². The number of aliphatic hydroxyl groups excluding tert-OH is 1. The summed E-state index contributed by atoms with van der Waals surface area (Å²) in [6, 6.07) is 0.538. The minimum absolute atomic E-state index is 0.206. The lowest BCUT2D eigenvalue weighted by molar-refractivity contribution is 0.108. The minimum atomic E-state index is -0.224. The molecule has 1 rings (SSSR count). The molecule has 0 aromatic heterocycles. The monoisotopic (exact) mass is 259 g/mol. The first-order chi connectivity index (χ1) is 7.71. The fraction of sp³-hybridized carbons (Fsp3) is 1.00. The normalized spacial score (nSPS) is 26.8. The predicted octanol–water partition coefficient (Wildman–Crippen LogP) is 2.90. The number of nitrogens with one attached hydrogen (secondary N) is 1. The number of hydrogen-bond donors (Lipinski definition) is 2. The first-order valence-electron chi connectivity index (χ1n) is 6.70. The summed E-state index contributed by atoms with van der Waals surface area (Å²) in [5.74, 6) is 2.45. The highest BCUT2D eigenvalue weighted by molar-refractivity contribution is 7.99. The van der Waals surface area contributed by atoms with Gasteiger partial charge >= 0.3 is 0 Å².